The van der Waals surface area contributed by atoms with Gasteiger partial charge >= 0.3 is 5.97 Å². The van der Waals surface area contributed by atoms with E-state index in [9.17, 15) is 19.5 Å². The van der Waals surface area contributed by atoms with E-state index in [1.807, 2.05) is 6.26 Å². The highest BCUT2D eigenvalue weighted by atomic mass is 35.5. The van der Waals surface area contributed by atoms with Crippen molar-refractivity contribution in [3.8, 4) is 0 Å². The van der Waals surface area contributed by atoms with Gasteiger partial charge in [0.1, 0.15) is 11.7 Å². The Morgan fingerprint density at radius 2 is 2.14 bits per heavy atom. The molecule has 8 nitrogen and oxygen atoms in total. The third kappa shape index (κ3) is 4.26. The highest BCUT2D eigenvalue weighted by Crippen LogP contribution is 2.33. The summed E-state index contributed by atoms with van der Waals surface area (Å²) in [6.07, 6.45) is 5.07. The first-order valence-electron chi connectivity index (χ1n) is 9.07. The minimum Gasteiger partial charge on any atom is -0.480 e. The van der Waals surface area contributed by atoms with Gasteiger partial charge < -0.3 is 14.9 Å². The van der Waals surface area contributed by atoms with Crippen LogP contribution in [0.15, 0.2) is 18.3 Å². The van der Waals surface area contributed by atoms with E-state index >= 15 is 0 Å². The summed E-state index contributed by atoms with van der Waals surface area (Å²) in [4.78, 5) is 43.9. The third-order valence-corrected chi connectivity index (χ3v) is 6.13. The van der Waals surface area contributed by atoms with Gasteiger partial charge in [-0.05, 0) is 30.6 Å². The van der Waals surface area contributed by atoms with E-state index in [2.05, 4.69) is 10.3 Å². The number of aromatic nitrogens is 1. The fourth-order valence-corrected chi connectivity index (χ4v) is 4.52. The van der Waals surface area contributed by atoms with E-state index in [1.54, 1.807) is 22.7 Å². The number of halogens is 1. The molecule has 3 rings (SSSR count). The van der Waals surface area contributed by atoms with E-state index in [0.29, 0.717) is 37.9 Å². The van der Waals surface area contributed by atoms with E-state index in [1.165, 1.54) is 17.2 Å². The fourth-order valence-electron chi connectivity index (χ4n) is 3.87. The Morgan fingerprint density at radius 1 is 1.43 bits per heavy atom. The summed E-state index contributed by atoms with van der Waals surface area (Å²) in [6.45, 7) is 0.504. The Labute approximate surface area is 172 Å². The molecular weight excluding hydrogens is 404 g/mol. The molecule has 2 N–H and O–H groups in total. The van der Waals surface area contributed by atoms with Gasteiger partial charge in [-0.25, -0.2) is 4.98 Å². The number of carboxylic acids is 1. The summed E-state index contributed by atoms with van der Waals surface area (Å²) in [5, 5.41) is 12.9. The molecular formula is C18H23ClN4O4S. The predicted octanol–water partition coefficient (Wildman–Crippen LogP) is 1.31. The quantitative estimate of drug-likeness (QED) is 0.661. The van der Waals surface area contributed by atoms with Crippen molar-refractivity contribution < 1.29 is 19.5 Å². The van der Waals surface area contributed by atoms with Gasteiger partial charge in [0.15, 0.2) is 0 Å². The zero-order chi connectivity index (χ0) is 20.3. The lowest BCUT2D eigenvalue weighted by Gasteiger charge is -2.44. The first kappa shape index (κ1) is 20.9. The molecule has 1 spiro atoms. The van der Waals surface area contributed by atoms with E-state index in [4.69, 9.17) is 11.6 Å². The van der Waals surface area contributed by atoms with Gasteiger partial charge in [-0.1, -0.05) is 11.6 Å². The minimum absolute atomic E-state index is 0.146. The smallest absolute Gasteiger partial charge is 0.323 e. The Bertz CT molecular complexity index is 770. The van der Waals surface area contributed by atoms with Crippen LogP contribution < -0.4 is 5.32 Å². The van der Waals surface area contributed by atoms with Crippen molar-refractivity contribution in [3.05, 3.63) is 29.0 Å². The molecule has 3 heterocycles. The highest BCUT2D eigenvalue weighted by Gasteiger charge is 2.52. The first-order chi connectivity index (χ1) is 13.4. The van der Waals surface area contributed by atoms with Gasteiger partial charge in [0.2, 0.25) is 5.91 Å². The van der Waals surface area contributed by atoms with Crippen LogP contribution in [0.25, 0.3) is 0 Å². The molecule has 2 fully saturated rings. The molecule has 0 aromatic carbocycles. The molecule has 2 aliphatic rings. The molecule has 1 aromatic rings. The second-order valence-electron chi connectivity index (χ2n) is 6.99. The van der Waals surface area contributed by atoms with Crippen molar-refractivity contribution in [2.75, 3.05) is 31.6 Å². The standard InChI is InChI=1S/C18H23ClN4O4S/c1-28-9-3-13-17(27)23(11-15(24)25)18(21-13)4-7-22(8-5-18)16(26)12-2-6-20-14(19)10-12/h2,6,10,13,21H,3-5,7-9,11H2,1H3,(H,24,25). The number of carboxylic acid groups (broad SMARTS) is 1. The van der Waals surface area contributed by atoms with Crippen LogP contribution in [-0.2, 0) is 9.59 Å². The minimum atomic E-state index is -1.04. The van der Waals surface area contributed by atoms with E-state index in [-0.39, 0.29) is 29.6 Å². The van der Waals surface area contributed by atoms with Crippen LogP contribution in [-0.4, -0.2) is 81.0 Å². The van der Waals surface area contributed by atoms with Gasteiger partial charge in [-0.3, -0.25) is 19.7 Å². The Morgan fingerprint density at radius 3 is 2.75 bits per heavy atom. The Balaban J connectivity index is 1.73. The second-order valence-corrected chi connectivity index (χ2v) is 8.36. The number of carbonyl (C=O) groups excluding carboxylic acids is 2. The van der Waals surface area contributed by atoms with Gasteiger partial charge in [-0.15, -0.1) is 0 Å². The van der Waals surface area contributed by atoms with Crippen molar-refractivity contribution in [3.63, 3.8) is 0 Å². The number of pyridine rings is 1. The summed E-state index contributed by atoms with van der Waals surface area (Å²) in [5.74, 6) is -0.539. The number of hydrogen-bond acceptors (Lipinski definition) is 6. The number of rotatable bonds is 6. The van der Waals surface area contributed by atoms with Crippen LogP contribution in [0.1, 0.15) is 29.6 Å². The average Bonchev–Trinajstić information content (AvgIpc) is 2.91. The van der Waals surface area contributed by atoms with Crippen LogP contribution >= 0.6 is 23.4 Å². The predicted molar refractivity (Wildman–Crippen MR) is 106 cm³/mol. The lowest BCUT2D eigenvalue weighted by atomic mass is 9.95. The second kappa shape index (κ2) is 8.67. The molecule has 0 bridgehead atoms. The Kier molecular flexibility index (Phi) is 6.47. The number of nitrogens with zero attached hydrogens (tertiary/aromatic N) is 3. The van der Waals surface area contributed by atoms with Crippen LogP contribution in [0.3, 0.4) is 0 Å². The molecule has 0 aliphatic carbocycles. The maximum absolute atomic E-state index is 12.8. The molecule has 1 aromatic heterocycles. The fraction of sp³-hybridized carbons (Fsp3) is 0.556. The van der Waals surface area contributed by atoms with Crippen LogP contribution in [0.2, 0.25) is 5.15 Å². The summed E-state index contributed by atoms with van der Waals surface area (Å²) in [7, 11) is 0. The normalized spacial score (nSPS) is 21.4. The van der Waals surface area contributed by atoms with Crippen LogP contribution in [0, 0.1) is 0 Å². The number of amides is 2. The summed E-state index contributed by atoms with van der Waals surface area (Å²) >= 11 is 7.52. The number of thioether (sulfide) groups is 1. The lowest BCUT2D eigenvalue weighted by molar-refractivity contribution is -0.147. The van der Waals surface area contributed by atoms with Gasteiger partial charge in [0.05, 0.1) is 11.7 Å². The molecule has 1 unspecified atom stereocenters. The summed E-state index contributed by atoms with van der Waals surface area (Å²) < 4.78 is 0. The summed E-state index contributed by atoms with van der Waals surface area (Å²) in [5.41, 5.74) is -0.253. The molecule has 0 saturated carbocycles. The number of aliphatic carboxylic acids is 1. The lowest BCUT2D eigenvalue weighted by Crippen LogP contribution is -2.60. The van der Waals surface area contributed by atoms with Gasteiger partial charge in [0.25, 0.3) is 5.91 Å². The zero-order valence-electron chi connectivity index (χ0n) is 15.6. The number of likely N-dealkylation sites (tertiary alicyclic amines) is 1. The Hall–Kier alpha value is -1.84. The first-order valence-corrected chi connectivity index (χ1v) is 10.8. The number of carbonyl (C=O) groups is 3. The number of hydrogen-bond donors (Lipinski definition) is 2. The molecule has 2 aliphatic heterocycles. The monoisotopic (exact) mass is 426 g/mol. The zero-order valence-corrected chi connectivity index (χ0v) is 17.1. The average molecular weight is 427 g/mol. The van der Waals surface area contributed by atoms with Gasteiger partial charge in [-0.2, -0.15) is 11.8 Å². The molecule has 10 heteroatoms. The highest BCUT2D eigenvalue weighted by molar-refractivity contribution is 7.98. The van der Waals surface area contributed by atoms with Crippen molar-refractivity contribution >= 4 is 41.1 Å². The molecule has 0 radical (unpaired) electrons. The summed E-state index contributed by atoms with van der Waals surface area (Å²) in [6, 6.07) is 2.76. The largest absolute Gasteiger partial charge is 0.480 e. The molecule has 1 atom stereocenters. The van der Waals surface area contributed by atoms with Crippen molar-refractivity contribution in [1.82, 2.24) is 20.1 Å². The van der Waals surface area contributed by atoms with Gasteiger partial charge in [0, 0.05) is 37.7 Å². The third-order valence-electron chi connectivity index (χ3n) is 5.28. The topological polar surface area (TPSA) is 103 Å². The number of piperidine rings is 1. The number of nitrogens with one attached hydrogen (secondary N) is 1. The molecule has 152 valence electrons. The maximum Gasteiger partial charge on any atom is 0.323 e. The van der Waals surface area contributed by atoms with E-state index in [0.717, 1.165) is 5.75 Å². The van der Waals surface area contributed by atoms with Crippen LogP contribution in [0.4, 0.5) is 0 Å². The van der Waals surface area contributed by atoms with Crippen molar-refractivity contribution in [2.24, 2.45) is 0 Å². The van der Waals surface area contributed by atoms with Crippen molar-refractivity contribution in [2.45, 2.75) is 31.0 Å². The van der Waals surface area contributed by atoms with Crippen LogP contribution in [0.5, 0.6) is 0 Å². The SMILES string of the molecule is CSCCC1NC2(CCN(C(=O)c3ccnc(Cl)c3)CC2)N(CC(=O)O)C1=O. The van der Waals surface area contributed by atoms with Crippen molar-refractivity contribution in [1.29, 1.82) is 0 Å². The molecule has 2 amide bonds. The maximum atomic E-state index is 12.8. The van der Waals surface area contributed by atoms with E-state index < -0.39 is 11.6 Å². The molecule has 2 saturated heterocycles. The molecule has 28 heavy (non-hydrogen) atoms.